The number of carbonyl (C=O) groups excluding carboxylic acids is 1. The second kappa shape index (κ2) is 7.52. The van der Waals surface area contributed by atoms with Crippen LogP contribution in [0.15, 0.2) is 64.6 Å². The molecule has 1 aliphatic rings. The van der Waals surface area contributed by atoms with E-state index in [4.69, 9.17) is 0 Å². The van der Waals surface area contributed by atoms with Crippen LogP contribution in [0.5, 0.6) is 0 Å². The van der Waals surface area contributed by atoms with Gasteiger partial charge >= 0.3 is 0 Å². The summed E-state index contributed by atoms with van der Waals surface area (Å²) in [5.41, 5.74) is 1.47. The van der Waals surface area contributed by atoms with E-state index in [1.165, 1.54) is 23.9 Å². The van der Waals surface area contributed by atoms with Crippen LogP contribution in [0.4, 0.5) is 0 Å². The number of benzene rings is 2. The van der Waals surface area contributed by atoms with E-state index in [0.29, 0.717) is 16.6 Å². The number of ketones is 1. The minimum absolute atomic E-state index is 0.0827. The monoisotopic (exact) mass is 413 g/mol. The first kappa shape index (κ1) is 18.9. The minimum atomic E-state index is -3.27. The predicted octanol–water partition coefficient (Wildman–Crippen LogP) is 3.52. The molecule has 1 fully saturated rings. The van der Waals surface area contributed by atoms with Crippen LogP contribution in [0.25, 0.3) is 5.69 Å². The van der Waals surface area contributed by atoms with Crippen LogP contribution in [0, 0.1) is 0 Å². The second-order valence-electron chi connectivity index (χ2n) is 6.79. The molecule has 0 saturated heterocycles. The lowest BCUT2D eigenvalue weighted by atomic mass is 10.1. The molecule has 3 aromatic rings. The van der Waals surface area contributed by atoms with Crippen molar-refractivity contribution in [1.29, 1.82) is 0 Å². The maximum absolute atomic E-state index is 12.6. The van der Waals surface area contributed by atoms with E-state index in [0.717, 1.165) is 30.6 Å². The molecular weight excluding hydrogens is 394 g/mol. The van der Waals surface area contributed by atoms with Gasteiger partial charge in [-0.1, -0.05) is 42.1 Å². The SMILES string of the molecule is CS(=O)(=O)c1ccc(C(=O)CSc2nnc(C3CC3)n2-c2ccccc2)cc1. The summed E-state index contributed by atoms with van der Waals surface area (Å²) in [6.45, 7) is 0. The maximum Gasteiger partial charge on any atom is 0.196 e. The summed E-state index contributed by atoms with van der Waals surface area (Å²) in [4.78, 5) is 12.8. The lowest BCUT2D eigenvalue weighted by Crippen LogP contribution is -2.06. The Hall–Kier alpha value is -2.45. The van der Waals surface area contributed by atoms with Gasteiger partial charge in [0.15, 0.2) is 20.8 Å². The quantitative estimate of drug-likeness (QED) is 0.435. The van der Waals surface area contributed by atoms with E-state index in [2.05, 4.69) is 10.2 Å². The lowest BCUT2D eigenvalue weighted by Gasteiger charge is -2.09. The van der Waals surface area contributed by atoms with Crippen molar-refractivity contribution in [2.24, 2.45) is 0 Å². The molecule has 6 nitrogen and oxygen atoms in total. The lowest BCUT2D eigenvalue weighted by molar-refractivity contribution is 0.102. The van der Waals surface area contributed by atoms with Crippen molar-refractivity contribution in [3.63, 3.8) is 0 Å². The van der Waals surface area contributed by atoms with Crippen molar-refractivity contribution in [2.75, 3.05) is 12.0 Å². The molecule has 0 N–H and O–H groups in total. The van der Waals surface area contributed by atoms with Crippen molar-refractivity contribution < 1.29 is 13.2 Å². The van der Waals surface area contributed by atoms with E-state index in [-0.39, 0.29) is 16.4 Å². The molecule has 1 heterocycles. The Morgan fingerprint density at radius 1 is 1.07 bits per heavy atom. The highest BCUT2D eigenvalue weighted by molar-refractivity contribution is 7.99. The Morgan fingerprint density at radius 2 is 1.75 bits per heavy atom. The van der Waals surface area contributed by atoms with Crippen molar-refractivity contribution >= 4 is 27.4 Å². The fourth-order valence-electron chi connectivity index (χ4n) is 2.90. The van der Waals surface area contributed by atoms with Crippen LogP contribution < -0.4 is 0 Å². The number of carbonyl (C=O) groups is 1. The first-order valence-electron chi connectivity index (χ1n) is 8.90. The van der Waals surface area contributed by atoms with Gasteiger partial charge in [-0.15, -0.1) is 10.2 Å². The van der Waals surface area contributed by atoms with Crippen LogP contribution >= 0.6 is 11.8 Å². The molecule has 0 radical (unpaired) electrons. The third kappa shape index (κ3) is 4.02. The van der Waals surface area contributed by atoms with E-state index in [9.17, 15) is 13.2 Å². The molecule has 0 atom stereocenters. The molecule has 0 spiro atoms. The zero-order chi connectivity index (χ0) is 19.7. The van der Waals surface area contributed by atoms with Gasteiger partial charge < -0.3 is 0 Å². The Labute approximate surface area is 167 Å². The van der Waals surface area contributed by atoms with Gasteiger partial charge in [-0.2, -0.15) is 0 Å². The maximum atomic E-state index is 12.6. The summed E-state index contributed by atoms with van der Waals surface area (Å²) in [5.74, 6) is 1.49. The van der Waals surface area contributed by atoms with Gasteiger partial charge in [-0.3, -0.25) is 9.36 Å². The molecule has 0 unspecified atom stereocenters. The number of Topliss-reactive ketones (excluding diaryl/α,β-unsaturated/α-hetero) is 1. The predicted molar refractivity (Wildman–Crippen MR) is 108 cm³/mol. The standard InChI is InChI=1S/C20H19N3O3S2/c1-28(25,26)17-11-9-14(10-12-17)18(24)13-27-20-22-21-19(15-7-8-15)23(20)16-5-3-2-4-6-16/h2-6,9-12,15H,7-8,13H2,1H3. The third-order valence-electron chi connectivity index (χ3n) is 4.55. The summed E-state index contributed by atoms with van der Waals surface area (Å²) in [5, 5.41) is 9.36. The van der Waals surface area contributed by atoms with Crippen molar-refractivity contribution in [3.8, 4) is 5.69 Å². The highest BCUT2D eigenvalue weighted by Gasteiger charge is 2.31. The number of para-hydroxylation sites is 1. The molecule has 144 valence electrons. The Kier molecular flexibility index (Phi) is 5.07. The van der Waals surface area contributed by atoms with Gasteiger partial charge in [0.05, 0.1) is 10.6 Å². The van der Waals surface area contributed by atoms with Crippen molar-refractivity contribution in [2.45, 2.75) is 28.8 Å². The number of sulfone groups is 1. The van der Waals surface area contributed by atoms with Gasteiger partial charge in [-0.25, -0.2) is 8.42 Å². The van der Waals surface area contributed by atoms with Gasteiger partial charge in [0.25, 0.3) is 0 Å². The number of thioether (sulfide) groups is 1. The summed E-state index contributed by atoms with van der Waals surface area (Å²) < 4.78 is 25.1. The molecule has 8 heteroatoms. The summed E-state index contributed by atoms with van der Waals surface area (Å²) in [6, 6.07) is 15.9. The molecule has 2 aromatic carbocycles. The van der Waals surface area contributed by atoms with Crippen molar-refractivity contribution in [3.05, 3.63) is 66.0 Å². The van der Waals surface area contributed by atoms with Gasteiger partial charge in [0.1, 0.15) is 5.82 Å². The van der Waals surface area contributed by atoms with Crippen LogP contribution in [-0.4, -0.2) is 41.0 Å². The summed E-state index contributed by atoms with van der Waals surface area (Å²) >= 11 is 1.34. The highest BCUT2D eigenvalue weighted by atomic mass is 32.2. The fourth-order valence-corrected chi connectivity index (χ4v) is 4.39. The summed E-state index contributed by atoms with van der Waals surface area (Å²) in [6.07, 6.45) is 3.37. The number of hydrogen-bond donors (Lipinski definition) is 0. The molecule has 28 heavy (non-hydrogen) atoms. The average Bonchev–Trinajstić information content (AvgIpc) is 3.45. The van der Waals surface area contributed by atoms with Gasteiger partial charge in [0, 0.05) is 23.4 Å². The molecule has 1 aromatic heterocycles. The number of hydrogen-bond acceptors (Lipinski definition) is 6. The molecular formula is C20H19N3O3S2. The Balaban J connectivity index is 1.53. The third-order valence-corrected chi connectivity index (χ3v) is 6.61. The summed E-state index contributed by atoms with van der Waals surface area (Å²) in [7, 11) is -3.27. The van der Waals surface area contributed by atoms with Crippen LogP contribution in [0.3, 0.4) is 0 Å². The topological polar surface area (TPSA) is 81.9 Å². The Morgan fingerprint density at radius 3 is 2.36 bits per heavy atom. The van der Waals surface area contributed by atoms with E-state index < -0.39 is 9.84 Å². The number of nitrogens with zero attached hydrogens (tertiary/aromatic N) is 3. The van der Waals surface area contributed by atoms with E-state index in [1.54, 1.807) is 12.1 Å². The first-order valence-corrected chi connectivity index (χ1v) is 11.8. The van der Waals surface area contributed by atoms with E-state index >= 15 is 0 Å². The molecule has 4 rings (SSSR count). The largest absolute Gasteiger partial charge is 0.293 e. The van der Waals surface area contributed by atoms with Crippen LogP contribution in [-0.2, 0) is 9.84 Å². The van der Waals surface area contributed by atoms with Crippen LogP contribution in [0.1, 0.15) is 34.9 Å². The number of aromatic nitrogens is 3. The zero-order valence-corrected chi connectivity index (χ0v) is 16.9. The average molecular weight is 414 g/mol. The first-order chi connectivity index (χ1) is 13.4. The zero-order valence-electron chi connectivity index (χ0n) is 15.3. The number of rotatable bonds is 7. The molecule has 1 aliphatic carbocycles. The molecule has 0 aliphatic heterocycles. The minimum Gasteiger partial charge on any atom is -0.293 e. The second-order valence-corrected chi connectivity index (χ2v) is 9.75. The smallest absolute Gasteiger partial charge is 0.196 e. The van der Waals surface area contributed by atoms with Gasteiger partial charge in [-0.05, 0) is 37.1 Å². The molecule has 1 saturated carbocycles. The molecule has 0 bridgehead atoms. The normalized spacial score (nSPS) is 14.2. The van der Waals surface area contributed by atoms with Crippen molar-refractivity contribution in [1.82, 2.24) is 14.8 Å². The molecule has 0 amide bonds. The van der Waals surface area contributed by atoms with E-state index in [1.807, 2.05) is 34.9 Å². The fraction of sp³-hybridized carbons (Fsp3) is 0.250. The van der Waals surface area contributed by atoms with Crippen LogP contribution in [0.2, 0.25) is 0 Å². The van der Waals surface area contributed by atoms with Gasteiger partial charge in [0.2, 0.25) is 0 Å². The Bertz CT molecular complexity index is 1100. The highest BCUT2D eigenvalue weighted by Crippen LogP contribution is 2.41.